The molecule has 0 aliphatic heterocycles. The predicted octanol–water partition coefficient (Wildman–Crippen LogP) is 2.39. The summed E-state index contributed by atoms with van der Waals surface area (Å²) < 4.78 is 10.3. The van der Waals surface area contributed by atoms with E-state index in [1.54, 1.807) is 7.11 Å². The fourth-order valence-electron chi connectivity index (χ4n) is 3.10. The van der Waals surface area contributed by atoms with Gasteiger partial charge in [0.1, 0.15) is 5.58 Å². The van der Waals surface area contributed by atoms with Gasteiger partial charge in [0.2, 0.25) is 0 Å². The van der Waals surface area contributed by atoms with Gasteiger partial charge in [0.05, 0.1) is 12.7 Å². The van der Waals surface area contributed by atoms with Gasteiger partial charge in [-0.3, -0.25) is 4.90 Å². The first-order valence-electron chi connectivity index (χ1n) is 7.88. The van der Waals surface area contributed by atoms with Gasteiger partial charge in [0, 0.05) is 31.7 Å². The van der Waals surface area contributed by atoms with Crippen LogP contribution in [-0.2, 0) is 11.3 Å². The number of aliphatic hydroxyl groups is 1. The van der Waals surface area contributed by atoms with Crippen LogP contribution in [0.3, 0.4) is 0 Å². The van der Waals surface area contributed by atoms with Gasteiger partial charge >= 0.3 is 5.63 Å². The molecular weight excluding hydrogens is 306 g/mol. The smallest absolute Gasteiger partial charge is 0.336 e. The molecule has 5 heteroatoms. The highest BCUT2D eigenvalue weighted by molar-refractivity contribution is 6.07. The van der Waals surface area contributed by atoms with Gasteiger partial charge in [0.15, 0.2) is 0 Å². The minimum absolute atomic E-state index is 0.283. The zero-order valence-electron chi connectivity index (χ0n) is 13.9. The maximum absolute atomic E-state index is 11.9. The number of ether oxygens (including phenoxy) is 1. The minimum atomic E-state index is -0.567. The molecule has 1 atom stereocenters. The molecule has 0 amide bonds. The molecule has 0 fully saturated rings. The Morgan fingerprint density at radius 1 is 1.25 bits per heavy atom. The number of nitrogens with zero attached hydrogens (tertiary/aromatic N) is 1. The van der Waals surface area contributed by atoms with Crippen molar-refractivity contribution in [2.45, 2.75) is 12.6 Å². The predicted molar refractivity (Wildman–Crippen MR) is 94.2 cm³/mol. The van der Waals surface area contributed by atoms with Gasteiger partial charge in [0.25, 0.3) is 0 Å². The highest BCUT2D eigenvalue weighted by Gasteiger charge is 2.13. The lowest BCUT2D eigenvalue weighted by molar-refractivity contribution is 0.0419. The SMILES string of the molecule is COCC(O)CN(C)Cc1cc(=O)oc2ccc3ccccc3c12. The van der Waals surface area contributed by atoms with E-state index in [2.05, 4.69) is 0 Å². The second-order valence-electron chi connectivity index (χ2n) is 6.06. The topological polar surface area (TPSA) is 62.9 Å². The summed E-state index contributed by atoms with van der Waals surface area (Å²) >= 11 is 0. The van der Waals surface area contributed by atoms with Gasteiger partial charge in [-0.15, -0.1) is 0 Å². The van der Waals surface area contributed by atoms with Crippen LogP contribution in [-0.4, -0.2) is 43.4 Å². The molecule has 2 aromatic carbocycles. The Balaban J connectivity index is 2.03. The quantitative estimate of drug-likeness (QED) is 0.556. The molecule has 3 rings (SSSR count). The molecule has 0 aliphatic rings. The first kappa shape index (κ1) is 16.6. The number of fused-ring (bicyclic) bond motifs is 3. The largest absolute Gasteiger partial charge is 0.423 e. The van der Waals surface area contributed by atoms with Crippen molar-refractivity contribution in [3.63, 3.8) is 0 Å². The second-order valence-corrected chi connectivity index (χ2v) is 6.06. The molecule has 0 saturated carbocycles. The Labute approximate surface area is 140 Å². The van der Waals surface area contributed by atoms with Gasteiger partial charge in [-0.05, 0) is 29.4 Å². The van der Waals surface area contributed by atoms with Crippen molar-refractivity contribution in [2.75, 3.05) is 27.3 Å². The molecule has 126 valence electrons. The number of methoxy groups -OCH3 is 1. The van der Waals surface area contributed by atoms with Crippen molar-refractivity contribution in [1.82, 2.24) is 4.90 Å². The molecule has 1 heterocycles. The summed E-state index contributed by atoms with van der Waals surface area (Å²) in [5.41, 5.74) is 1.12. The molecule has 1 N–H and O–H groups in total. The summed E-state index contributed by atoms with van der Waals surface area (Å²) in [6.07, 6.45) is -0.567. The van der Waals surface area contributed by atoms with E-state index < -0.39 is 6.10 Å². The lowest BCUT2D eigenvalue weighted by Gasteiger charge is -2.21. The van der Waals surface area contributed by atoms with Crippen molar-refractivity contribution in [3.8, 4) is 0 Å². The van der Waals surface area contributed by atoms with Crippen LogP contribution in [0.5, 0.6) is 0 Å². The molecule has 0 saturated heterocycles. The van der Waals surface area contributed by atoms with Crippen LogP contribution in [0.1, 0.15) is 5.56 Å². The van der Waals surface area contributed by atoms with Crippen LogP contribution < -0.4 is 5.63 Å². The summed E-state index contributed by atoms with van der Waals surface area (Å²) in [5.74, 6) is 0. The molecule has 0 radical (unpaired) electrons. The molecular formula is C19H21NO4. The van der Waals surface area contributed by atoms with E-state index in [9.17, 15) is 9.90 Å². The summed E-state index contributed by atoms with van der Waals surface area (Å²) in [5, 5.41) is 13.0. The third kappa shape index (κ3) is 3.48. The van der Waals surface area contributed by atoms with Crippen molar-refractivity contribution in [2.24, 2.45) is 0 Å². The van der Waals surface area contributed by atoms with E-state index in [4.69, 9.17) is 9.15 Å². The van der Waals surface area contributed by atoms with Gasteiger partial charge < -0.3 is 14.3 Å². The maximum Gasteiger partial charge on any atom is 0.336 e. The molecule has 24 heavy (non-hydrogen) atoms. The highest BCUT2D eigenvalue weighted by Crippen LogP contribution is 2.27. The third-order valence-corrected chi connectivity index (χ3v) is 4.04. The average molecular weight is 327 g/mol. The Bertz CT molecular complexity index is 903. The molecule has 0 aliphatic carbocycles. The first-order valence-corrected chi connectivity index (χ1v) is 7.88. The first-order chi connectivity index (χ1) is 11.6. The standard InChI is InChI=1S/C19H21NO4/c1-20(11-15(21)12-23-2)10-14-9-18(22)24-17-8-7-13-5-3-4-6-16(13)19(14)17/h3-9,15,21H,10-12H2,1-2H3. The monoisotopic (exact) mass is 327 g/mol. The van der Waals surface area contributed by atoms with Gasteiger partial charge in [-0.25, -0.2) is 4.79 Å². The second kappa shape index (κ2) is 7.13. The third-order valence-electron chi connectivity index (χ3n) is 4.04. The molecule has 1 aromatic heterocycles. The maximum atomic E-state index is 11.9. The minimum Gasteiger partial charge on any atom is -0.423 e. The van der Waals surface area contributed by atoms with Crippen LogP contribution in [0.4, 0.5) is 0 Å². The summed E-state index contributed by atoms with van der Waals surface area (Å²) in [7, 11) is 3.47. The summed E-state index contributed by atoms with van der Waals surface area (Å²) in [6.45, 7) is 1.28. The van der Waals surface area contributed by atoms with E-state index in [0.29, 0.717) is 18.7 Å². The Hall–Kier alpha value is -2.21. The van der Waals surface area contributed by atoms with Crippen molar-refractivity contribution in [3.05, 3.63) is 58.4 Å². The van der Waals surface area contributed by atoms with Crippen LogP contribution in [0, 0.1) is 0 Å². The number of aliphatic hydroxyl groups excluding tert-OH is 1. The van der Waals surface area contributed by atoms with Crippen molar-refractivity contribution in [1.29, 1.82) is 0 Å². The Kier molecular flexibility index (Phi) is 4.94. The lowest BCUT2D eigenvalue weighted by atomic mass is 10.0. The fourth-order valence-corrected chi connectivity index (χ4v) is 3.10. The zero-order chi connectivity index (χ0) is 17.1. The lowest BCUT2D eigenvalue weighted by Crippen LogP contribution is -2.31. The summed E-state index contributed by atoms with van der Waals surface area (Å²) in [4.78, 5) is 13.9. The van der Waals surface area contributed by atoms with Gasteiger partial charge in [-0.1, -0.05) is 30.3 Å². The average Bonchev–Trinajstić information content (AvgIpc) is 2.54. The van der Waals surface area contributed by atoms with E-state index in [0.717, 1.165) is 21.7 Å². The molecule has 0 spiro atoms. The van der Waals surface area contributed by atoms with E-state index in [1.165, 1.54) is 6.07 Å². The van der Waals surface area contributed by atoms with E-state index in [1.807, 2.05) is 48.3 Å². The highest BCUT2D eigenvalue weighted by atomic mass is 16.5. The summed E-state index contributed by atoms with van der Waals surface area (Å²) in [6, 6.07) is 13.4. The van der Waals surface area contributed by atoms with Crippen LogP contribution in [0.2, 0.25) is 0 Å². The van der Waals surface area contributed by atoms with E-state index in [-0.39, 0.29) is 12.2 Å². The number of hydrogen-bond donors (Lipinski definition) is 1. The molecule has 1 unspecified atom stereocenters. The normalized spacial score (nSPS) is 13.0. The van der Waals surface area contributed by atoms with Crippen LogP contribution >= 0.6 is 0 Å². The number of hydrogen-bond acceptors (Lipinski definition) is 5. The Morgan fingerprint density at radius 3 is 2.83 bits per heavy atom. The van der Waals surface area contributed by atoms with E-state index >= 15 is 0 Å². The number of likely N-dealkylation sites (N-methyl/N-ethyl adjacent to an activating group) is 1. The zero-order valence-corrected chi connectivity index (χ0v) is 13.9. The van der Waals surface area contributed by atoms with Crippen molar-refractivity contribution >= 4 is 21.7 Å². The Morgan fingerprint density at radius 2 is 2.04 bits per heavy atom. The molecule has 0 bridgehead atoms. The van der Waals surface area contributed by atoms with Crippen LogP contribution in [0.25, 0.3) is 21.7 Å². The fraction of sp³-hybridized carbons (Fsp3) is 0.316. The van der Waals surface area contributed by atoms with Crippen molar-refractivity contribution < 1.29 is 14.3 Å². The van der Waals surface area contributed by atoms with Gasteiger partial charge in [-0.2, -0.15) is 0 Å². The van der Waals surface area contributed by atoms with Crippen LogP contribution in [0.15, 0.2) is 51.7 Å². The molecule has 5 nitrogen and oxygen atoms in total. The number of rotatable bonds is 6. The molecule has 3 aromatic rings. The number of benzene rings is 2.